The molecule has 2 aromatic heterocycles. The molecule has 0 aliphatic carbocycles. The van der Waals surface area contributed by atoms with Gasteiger partial charge in [-0.05, 0) is 29.8 Å². The maximum absolute atomic E-state index is 12.7. The Hall–Kier alpha value is -3.27. The lowest BCUT2D eigenvalue weighted by Gasteiger charge is -2.18. The summed E-state index contributed by atoms with van der Waals surface area (Å²) >= 11 is 1.31. The zero-order valence-corrected chi connectivity index (χ0v) is 19.3. The van der Waals surface area contributed by atoms with Crippen molar-refractivity contribution in [2.75, 3.05) is 31.8 Å². The molecule has 0 radical (unpaired) electrons. The molecule has 0 saturated heterocycles. The molecular weight excluding hydrogens is 428 g/mol. The average molecular weight is 457 g/mol. The third kappa shape index (κ3) is 6.36. The molecule has 0 saturated carbocycles. The maximum Gasteiger partial charge on any atom is 0.233 e. The molecule has 0 aliphatic rings. The number of aromatic nitrogens is 3. The van der Waals surface area contributed by atoms with Crippen molar-refractivity contribution >= 4 is 29.3 Å². The van der Waals surface area contributed by atoms with E-state index in [4.69, 9.17) is 10.2 Å². The summed E-state index contributed by atoms with van der Waals surface area (Å²) in [5.74, 6) is 1.17. The Morgan fingerprint density at radius 1 is 1.12 bits per heavy atom. The van der Waals surface area contributed by atoms with Crippen LogP contribution in [0.1, 0.15) is 23.6 Å². The summed E-state index contributed by atoms with van der Waals surface area (Å²) in [4.78, 5) is 27.6. The summed E-state index contributed by atoms with van der Waals surface area (Å²) in [7, 11) is 5.77. The smallest absolute Gasteiger partial charge is 0.233 e. The van der Waals surface area contributed by atoms with Crippen LogP contribution in [0.15, 0.2) is 52.2 Å². The van der Waals surface area contributed by atoms with E-state index < -0.39 is 5.91 Å². The Labute approximate surface area is 191 Å². The third-order valence-electron chi connectivity index (χ3n) is 4.91. The number of rotatable bonds is 11. The highest BCUT2D eigenvalue weighted by molar-refractivity contribution is 7.99. The van der Waals surface area contributed by atoms with Gasteiger partial charge in [-0.2, -0.15) is 0 Å². The minimum Gasteiger partial charge on any atom is -0.467 e. The molecule has 0 atom stereocenters. The predicted molar refractivity (Wildman–Crippen MR) is 123 cm³/mol. The van der Waals surface area contributed by atoms with E-state index in [0.717, 1.165) is 17.0 Å². The molecule has 10 heteroatoms. The van der Waals surface area contributed by atoms with Crippen molar-refractivity contribution in [1.82, 2.24) is 19.7 Å². The fourth-order valence-electron chi connectivity index (χ4n) is 3.06. The van der Waals surface area contributed by atoms with Crippen LogP contribution in [0.4, 0.5) is 5.69 Å². The second-order valence-corrected chi connectivity index (χ2v) is 8.57. The molecule has 170 valence electrons. The topological polar surface area (TPSA) is 110 Å². The van der Waals surface area contributed by atoms with Gasteiger partial charge in [0.25, 0.3) is 0 Å². The van der Waals surface area contributed by atoms with Crippen LogP contribution in [0, 0.1) is 0 Å². The molecule has 0 aliphatic heterocycles. The summed E-state index contributed by atoms with van der Waals surface area (Å²) in [5.41, 5.74) is 7.45. The number of hydrogen-bond acceptors (Lipinski definition) is 7. The van der Waals surface area contributed by atoms with E-state index in [9.17, 15) is 9.59 Å². The van der Waals surface area contributed by atoms with Crippen LogP contribution in [-0.2, 0) is 29.1 Å². The number of amides is 2. The quantitative estimate of drug-likeness (QED) is 0.440. The normalized spacial score (nSPS) is 10.8. The largest absolute Gasteiger partial charge is 0.467 e. The highest BCUT2D eigenvalue weighted by Gasteiger charge is 2.17. The van der Waals surface area contributed by atoms with Gasteiger partial charge in [-0.1, -0.05) is 23.9 Å². The Morgan fingerprint density at radius 2 is 1.88 bits per heavy atom. The summed E-state index contributed by atoms with van der Waals surface area (Å²) in [5, 5.41) is 9.01. The Bertz CT molecular complexity index is 1030. The minimum absolute atomic E-state index is 0.0158. The summed E-state index contributed by atoms with van der Waals surface area (Å²) in [6.45, 7) is 0.939. The van der Waals surface area contributed by atoms with Gasteiger partial charge in [-0.25, -0.2) is 0 Å². The SMILES string of the molecule is CN(Cc1ccc(N(C)C)cc1)C(=O)CSc1nnc(CCC(N)=O)n1Cc1ccco1. The molecule has 1 aromatic carbocycles. The predicted octanol–water partition coefficient (Wildman–Crippen LogP) is 2.15. The van der Waals surface area contributed by atoms with Gasteiger partial charge in [-0.15, -0.1) is 10.2 Å². The molecule has 0 spiro atoms. The van der Waals surface area contributed by atoms with Gasteiger partial charge in [0.15, 0.2) is 5.16 Å². The molecule has 32 heavy (non-hydrogen) atoms. The lowest BCUT2D eigenvalue weighted by atomic mass is 10.2. The van der Waals surface area contributed by atoms with E-state index in [0.29, 0.717) is 30.5 Å². The zero-order chi connectivity index (χ0) is 23.1. The second-order valence-electron chi connectivity index (χ2n) is 7.63. The maximum atomic E-state index is 12.7. The number of hydrogen-bond donors (Lipinski definition) is 1. The number of anilines is 1. The fourth-order valence-corrected chi connectivity index (χ4v) is 3.96. The van der Waals surface area contributed by atoms with Crippen molar-refractivity contribution in [3.63, 3.8) is 0 Å². The van der Waals surface area contributed by atoms with E-state index in [-0.39, 0.29) is 18.1 Å². The highest BCUT2D eigenvalue weighted by Crippen LogP contribution is 2.21. The molecule has 2 amide bonds. The van der Waals surface area contributed by atoms with Gasteiger partial charge < -0.3 is 20.0 Å². The van der Waals surface area contributed by atoms with Crippen molar-refractivity contribution in [2.24, 2.45) is 5.73 Å². The number of benzene rings is 1. The summed E-state index contributed by atoms with van der Waals surface area (Å²) in [6.07, 6.45) is 2.15. The van der Waals surface area contributed by atoms with Crippen molar-refractivity contribution in [2.45, 2.75) is 31.1 Å². The van der Waals surface area contributed by atoms with Crippen LogP contribution >= 0.6 is 11.8 Å². The van der Waals surface area contributed by atoms with E-state index in [2.05, 4.69) is 10.2 Å². The molecule has 2 N–H and O–H groups in total. The van der Waals surface area contributed by atoms with Gasteiger partial charge >= 0.3 is 0 Å². The van der Waals surface area contributed by atoms with Crippen molar-refractivity contribution < 1.29 is 14.0 Å². The Morgan fingerprint density at radius 3 is 2.50 bits per heavy atom. The van der Waals surface area contributed by atoms with Crippen LogP contribution in [0.2, 0.25) is 0 Å². The molecule has 3 aromatic rings. The monoisotopic (exact) mass is 456 g/mol. The van der Waals surface area contributed by atoms with Crippen LogP contribution in [0.25, 0.3) is 0 Å². The van der Waals surface area contributed by atoms with Crippen LogP contribution in [0.5, 0.6) is 0 Å². The molecule has 0 fully saturated rings. The van der Waals surface area contributed by atoms with Crippen molar-refractivity contribution in [3.05, 3.63) is 59.8 Å². The summed E-state index contributed by atoms with van der Waals surface area (Å²) < 4.78 is 7.30. The zero-order valence-electron chi connectivity index (χ0n) is 18.5. The molecule has 9 nitrogen and oxygen atoms in total. The first-order valence-electron chi connectivity index (χ1n) is 10.2. The van der Waals surface area contributed by atoms with Crippen LogP contribution in [-0.4, -0.2) is 58.4 Å². The highest BCUT2D eigenvalue weighted by atomic mass is 32.2. The lowest BCUT2D eigenvalue weighted by molar-refractivity contribution is -0.127. The molecular formula is C22H28N6O3S. The van der Waals surface area contributed by atoms with E-state index >= 15 is 0 Å². The first-order valence-corrected chi connectivity index (χ1v) is 11.2. The second kappa shape index (κ2) is 10.9. The first kappa shape index (κ1) is 23.4. The first-order chi connectivity index (χ1) is 15.3. The van der Waals surface area contributed by atoms with Crippen LogP contribution < -0.4 is 10.6 Å². The number of nitrogens with zero attached hydrogens (tertiary/aromatic N) is 5. The molecule has 0 bridgehead atoms. The van der Waals surface area contributed by atoms with Crippen molar-refractivity contribution in [1.29, 1.82) is 0 Å². The molecule has 2 heterocycles. The average Bonchev–Trinajstić information content (AvgIpc) is 3.41. The number of carbonyl (C=O) groups is 2. The fraction of sp³-hybridized carbons (Fsp3) is 0.364. The van der Waals surface area contributed by atoms with Gasteiger partial charge in [0.05, 0.1) is 18.6 Å². The van der Waals surface area contributed by atoms with E-state index in [1.165, 1.54) is 11.8 Å². The number of nitrogens with two attached hydrogens (primary N) is 1. The van der Waals surface area contributed by atoms with Gasteiger partial charge in [0, 0.05) is 46.2 Å². The van der Waals surface area contributed by atoms with E-state index in [1.54, 1.807) is 24.3 Å². The van der Waals surface area contributed by atoms with E-state index in [1.807, 2.05) is 53.9 Å². The molecule has 3 rings (SSSR count). The number of thioether (sulfide) groups is 1. The Kier molecular flexibility index (Phi) is 7.93. The number of furan rings is 1. The van der Waals surface area contributed by atoms with Gasteiger partial charge in [0.1, 0.15) is 11.6 Å². The third-order valence-corrected chi connectivity index (χ3v) is 5.86. The standard InChI is InChI=1S/C22H28N6O3S/c1-26(2)17-8-6-16(7-9-17)13-27(3)21(30)15-32-22-25-24-20(11-10-19(23)29)28(22)14-18-5-4-12-31-18/h4-9,12H,10-11,13-15H2,1-3H3,(H2,23,29). The lowest BCUT2D eigenvalue weighted by Crippen LogP contribution is -2.28. The van der Waals surface area contributed by atoms with Crippen LogP contribution in [0.3, 0.4) is 0 Å². The van der Waals surface area contributed by atoms with Crippen molar-refractivity contribution in [3.8, 4) is 0 Å². The number of aryl methyl sites for hydroxylation is 1. The van der Waals surface area contributed by atoms with Gasteiger partial charge in [0.2, 0.25) is 11.8 Å². The Balaban J connectivity index is 1.63. The minimum atomic E-state index is -0.401. The number of carbonyl (C=O) groups excluding carboxylic acids is 2. The number of primary amides is 1. The molecule has 0 unspecified atom stereocenters. The van der Waals surface area contributed by atoms with Gasteiger partial charge in [-0.3, -0.25) is 14.2 Å². The summed E-state index contributed by atoms with van der Waals surface area (Å²) in [6, 6.07) is 11.8.